The number of guanidine groups is 1. The van der Waals surface area contributed by atoms with E-state index in [1.165, 1.54) is 10.4 Å². The molecule has 2 N–H and O–H groups in total. The number of para-hydroxylation sites is 1. The van der Waals surface area contributed by atoms with Gasteiger partial charge in [0.15, 0.2) is 5.96 Å². The van der Waals surface area contributed by atoms with Gasteiger partial charge in [0, 0.05) is 23.8 Å². The summed E-state index contributed by atoms with van der Waals surface area (Å²) in [6, 6.07) is 10.4. The second kappa shape index (κ2) is 8.48. The van der Waals surface area contributed by atoms with Gasteiger partial charge in [0.25, 0.3) is 0 Å². The number of nitrogens with one attached hydrogen (secondary N) is 2. The number of rotatable bonds is 6. The molecule has 0 radical (unpaired) electrons. The molecule has 0 aliphatic heterocycles. The maximum absolute atomic E-state index is 4.75. The van der Waals surface area contributed by atoms with Crippen LogP contribution in [0.25, 0.3) is 5.69 Å². The Labute approximate surface area is 152 Å². The van der Waals surface area contributed by atoms with Crippen molar-refractivity contribution in [3.8, 4) is 5.69 Å². The molecule has 0 aliphatic rings. The molecule has 6 heteroatoms. The average molecular weight is 353 g/mol. The van der Waals surface area contributed by atoms with Crippen molar-refractivity contribution in [2.75, 3.05) is 6.54 Å². The Morgan fingerprint density at radius 3 is 2.84 bits per heavy atom. The highest BCUT2D eigenvalue weighted by Crippen LogP contribution is 2.16. The molecule has 0 unspecified atom stereocenters. The van der Waals surface area contributed by atoms with E-state index in [-0.39, 0.29) is 0 Å². The van der Waals surface area contributed by atoms with Gasteiger partial charge >= 0.3 is 0 Å². The number of aromatic nitrogens is 2. The third kappa shape index (κ3) is 4.48. The molecule has 0 spiro atoms. The van der Waals surface area contributed by atoms with Crippen LogP contribution < -0.4 is 10.6 Å². The van der Waals surface area contributed by atoms with Crippen molar-refractivity contribution in [3.05, 3.63) is 70.4 Å². The highest BCUT2D eigenvalue weighted by Gasteiger charge is 2.05. The third-order valence-electron chi connectivity index (χ3n) is 3.91. The van der Waals surface area contributed by atoms with E-state index >= 15 is 0 Å². The van der Waals surface area contributed by atoms with Gasteiger partial charge in [-0.3, -0.25) is 0 Å². The largest absolute Gasteiger partial charge is 0.357 e. The average Bonchev–Trinajstić information content (AvgIpc) is 3.29. The van der Waals surface area contributed by atoms with Gasteiger partial charge in [-0.2, -0.15) is 0 Å². The lowest BCUT2D eigenvalue weighted by Gasteiger charge is -2.12. The molecule has 0 aliphatic carbocycles. The zero-order valence-corrected chi connectivity index (χ0v) is 15.4. The maximum Gasteiger partial charge on any atom is 0.191 e. The minimum atomic E-state index is 0.604. The minimum Gasteiger partial charge on any atom is -0.357 e. The molecule has 0 saturated carbocycles. The van der Waals surface area contributed by atoms with Crippen LogP contribution in [-0.4, -0.2) is 22.1 Å². The van der Waals surface area contributed by atoms with Gasteiger partial charge in [-0.05, 0) is 42.5 Å². The number of hydrogen-bond acceptors (Lipinski definition) is 3. The first-order valence-corrected chi connectivity index (χ1v) is 9.27. The summed E-state index contributed by atoms with van der Waals surface area (Å²) in [6.07, 6.45) is 5.55. The molecule has 130 valence electrons. The lowest BCUT2D eigenvalue weighted by molar-refractivity contribution is 0.819. The van der Waals surface area contributed by atoms with Crippen LogP contribution in [0.5, 0.6) is 0 Å². The van der Waals surface area contributed by atoms with Crippen molar-refractivity contribution in [2.45, 2.75) is 26.9 Å². The van der Waals surface area contributed by atoms with Crippen molar-refractivity contribution >= 4 is 17.3 Å². The van der Waals surface area contributed by atoms with Gasteiger partial charge in [0.05, 0.1) is 25.1 Å². The number of imidazole rings is 1. The maximum atomic E-state index is 4.75. The van der Waals surface area contributed by atoms with E-state index in [0.29, 0.717) is 6.54 Å². The van der Waals surface area contributed by atoms with E-state index in [2.05, 4.69) is 53.0 Å². The predicted molar refractivity (Wildman–Crippen MR) is 104 cm³/mol. The van der Waals surface area contributed by atoms with E-state index in [0.717, 1.165) is 30.3 Å². The van der Waals surface area contributed by atoms with Gasteiger partial charge in [-0.1, -0.05) is 18.2 Å². The van der Waals surface area contributed by atoms with Crippen LogP contribution in [0.4, 0.5) is 0 Å². The monoisotopic (exact) mass is 353 g/mol. The Balaban J connectivity index is 1.73. The number of aryl methyl sites for hydroxylation is 1. The summed E-state index contributed by atoms with van der Waals surface area (Å²) in [6.45, 7) is 6.44. The first-order chi connectivity index (χ1) is 12.3. The second-order valence-corrected chi connectivity index (χ2v) is 6.67. The zero-order valence-electron chi connectivity index (χ0n) is 14.6. The molecule has 5 nitrogen and oxygen atoms in total. The molecular formula is C19H23N5S. The van der Waals surface area contributed by atoms with Crippen LogP contribution in [0.2, 0.25) is 0 Å². The summed E-state index contributed by atoms with van der Waals surface area (Å²) >= 11 is 1.77. The lowest BCUT2D eigenvalue weighted by atomic mass is 10.2. The Kier molecular flexibility index (Phi) is 5.85. The van der Waals surface area contributed by atoms with Gasteiger partial charge in [-0.15, -0.1) is 11.3 Å². The molecule has 2 aromatic heterocycles. The molecule has 0 saturated heterocycles. The smallest absolute Gasteiger partial charge is 0.191 e. The van der Waals surface area contributed by atoms with Gasteiger partial charge in [0.1, 0.15) is 0 Å². The molecule has 0 atom stereocenters. The van der Waals surface area contributed by atoms with Gasteiger partial charge in [0.2, 0.25) is 0 Å². The minimum absolute atomic E-state index is 0.604. The Hall–Kier alpha value is -2.60. The molecule has 0 amide bonds. The van der Waals surface area contributed by atoms with E-state index in [1.807, 2.05) is 29.2 Å². The zero-order chi connectivity index (χ0) is 17.5. The van der Waals surface area contributed by atoms with Gasteiger partial charge < -0.3 is 15.2 Å². The normalized spacial score (nSPS) is 11.5. The summed E-state index contributed by atoms with van der Waals surface area (Å²) < 4.78 is 2.01. The number of benzene rings is 1. The molecule has 2 heterocycles. The van der Waals surface area contributed by atoms with Crippen LogP contribution in [0.1, 0.15) is 22.9 Å². The van der Waals surface area contributed by atoms with Crippen molar-refractivity contribution in [2.24, 2.45) is 4.99 Å². The second-order valence-electron chi connectivity index (χ2n) is 5.67. The Morgan fingerprint density at radius 2 is 2.12 bits per heavy atom. The molecule has 25 heavy (non-hydrogen) atoms. The fraction of sp³-hybridized carbons (Fsp3) is 0.263. The standard InChI is InChI=1S/C19H23N5S/c1-3-21-19(23-13-18-15(2)8-11-25-18)22-12-16-6-4-5-7-17(16)24-10-9-20-14-24/h4-11,14H,3,12-13H2,1-2H3,(H2,21,22,23). The van der Waals surface area contributed by atoms with Crippen molar-refractivity contribution in [1.29, 1.82) is 0 Å². The third-order valence-corrected chi connectivity index (χ3v) is 4.93. The summed E-state index contributed by atoms with van der Waals surface area (Å²) in [5.74, 6) is 0.829. The summed E-state index contributed by atoms with van der Waals surface area (Å²) in [7, 11) is 0. The van der Waals surface area contributed by atoms with E-state index < -0.39 is 0 Å². The predicted octanol–water partition coefficient (Wildman–Crippen LogP) is 3.50. The molecule has 3 rings (SSSR count). The molecule has 3 aromatic rings. The van der Waals surface area contributed by atoms with Crippen LogP contribution in [0.3, 0.4) is 0 Å². The van der Waals surface area contributed by atoms with Crippen LogP contribution >= 0.6 is 11.3 Å². The van der Waals surface area contributed by atoms with Crippen LogP contribution in [0, 0.1) is 6.92 Å². The lowest BCUT2D eigenvalue weighted by Crippen LogP contribution is -2.36. The molecular weight excluding hydrogens is 330 g/mol. The Morgan fingerprint density at radius 1 is 1.24 bits per heavy atom. The highest BCUT2D eigenvalue weighted by atomic mass is 32.1. The topological polar surface area (TPSA) is 54.2 Å². The van der Waals surface area contributed by atoms with Gasteiger partial charge in [-0.25, -0.2) is 9.98 Å². The highest BCUT2D eigenvalue weighted by molar-refractivity contribution is 7.10. The first kappa shape index (κ1) is 17.2. The Bertz CT molecular complexity index is 820. The SMILES string of the molecule is CCNC(=NCc1ccccc1-n1ccnc1)NCc1sccc1C. The molecule has 0 bridgehead atoms. The quantitative estimate of drug-likeness (QED) is 0.527. The van der Waals surface area contributed by atoms with E-state index in [9.17, 15) is 0 Å². The fourth-order valence-electron chi connectivity index (χ4n) is 2.55. The number of thiophene rings is 1. The summed E-state index contributed by atoms with van der Waals surface area (Å²) in [4.78, 5) is 10.2. The number of aliphatic imine (C=N–C) groups is 1. The summed E-state index contributed by atoms with van der Waals surface area (Å²) in [5.41, 5.74) is 3.58. The van der Waals surface area contributed by atoms with Crippen molar-refractivity contribution < 1.29 is 0 Å². The van der Waals surface area contributed by atoms with Crippen molar-refractivity contribution in [1.82, 2.24) is 20.2 Å². The molecule has 0 fully saturated rings. The number of nitrogens with zero attached hydrogens (tertiary/aromatic N) is 3. The molecule has 1 aromatic carbocycles. The van der Waals surface area contributed by atoms with E-state index in [1.54, 1.807) is 17.5 Å². The van der Waals surface area contributed by atoms with Crippen LogP contribution in [0.15, 0.2) is 59.4 Å². The van der Waals surface area contributed by atoms with Crippen molar-refractivity contribution in [3.63, 3.8) is 0 Å². The number of hydrogen-bond donors (Lipinski definition) is 2. The van der Waals surface area contributed by atoms with E-state index in [4.69, 9.17) is 4.99 Å². The van der Waals surface area contributed by atoms with Crippen LogP contribution in [-0.2, 0) is 13.1 Å². The first-order valence-electron chi connectivity index (χ1n) is 8.39. The summed E-state index contributed by atoms with van der Waals surface area (Å²) in [5, 5.41) is 8.85. The fourth-order valence-corrected chi connectivity index (χ4v) is 3.40.